The first-order valence-corrected chi connectivity index (χ1v) is 5.95. The molecule has 0 spiro atoms. The number of thiophene rings is 1. The molecule has 0 saturated heterocycles. The van der Waals surface area contributed by atoms with Crippen molar-refractivity contribution < 1.29 is 4.79 Å². The number of carbonyl (C=O) groups excluding carboxylic acids is 1. The van der Waals surface area contributed by atoms with E-state index >= 15 is 0 Å². The van der Waals surface area contributed by atoms with Crippen molar-refractivity contribution in [2.45, 2.75) is 0 Å². The van der Waals surface area contributed by atoms with Gasteiger partial charge >= 0.3 is 0 Å². The second-order valence-electron chi connectivity index (χ2n) is 3.06. The number of nitrogens with one attached hydrogen (secondary N) is 1. The molecule has 6 heteroatoms. The number of nitrogens with zero attached hydrogens (tertiary/aromatic N) is 2. The summed E-state index contributed by atoms with van der Waals surface area (Å²) in [6, 6.07) is 8.70. The molecule has 2 heterocycles. The highest BCUT2D eigenvalue weighted by molar-refractivity contribution is 7.17. The van der Waals surface area contributed by atoms with E-state index in [4.69, 9.17) is 11.6 Å². The van der Waals surface area contributed by atoms with E-state index in [9.17, 15) is 4.79 Å². The van der Waals surface area contributed by atoms with Crippen molar-refractivity contribution in [1.29, 1.82) is 0 Å². The highest BCUT2D eigenvalue weighted by Crippen LogP contribution is 2.19. The maximum atomic E-state index is 11.5. The zero-order chi connectivity index (χ0) is 12.1. The minimum Gasteiger partial charge on any atom is -0.266 e. The Morgan fingerprint density at radius 1 is 1.41 bits per heavy atom. The van der Waals surface area contributed by atoms with E-state index in [-0.39, 0.29) is 5.91 Å². The number of pyridine rings is 1. The van der Waals surface area contributed by atoms with Crippen molar-refractivity contribution in [2.24, 2.45) is 5.10 Å². The van der Waals surface area contributed by atoms with Crippen LogP contribution in [0.4, 0.5) is 0 Å². The van der Waals surface area contributed by atoms with Crippen LogP contribution in [0.1, 0.15) is 15.4 Å². The first-order chi connectivity index (χ1) is 8.25. The zero-order valence-corrected chi connectivity index (χ0v) is 10.2. The van der Waals surface area contributed by atoms with E-state index in [1.165, 1.54) is 17.6 Å². The molecule has 0 aliphatic heterocycles. The molecule has 0 radical (unpaired) electrons. The van der Waals surface area contributed by atoms with Gasteiger partial charge in [-0.2, -0.15) is 5.10 Å². The Hall–Kier alpha value is -1.72. The summed E-state index contributed by atoms with van der Waals surface area (Å²) in [4.78, 5) is 16.3. The van der Waals surface area contributed by atoms with Gasteiger partial charge in [-0.05, 0) is 24.3 Å². The Bertz CT molecular complexity index is 539. The van der Waals surface area contributed by atoms with Crippen LogP contribution in [-0.2, 0) is 0 Å². The van der Waals surface area contributed by atoms with E-state index in [0.29, 0.717) is 10.0 Å². The molecular weight excluding hydrogens is 258 g/mol. The summed E-state index contributed by atoms with van der Waals surface area (Å²) in [5.74, 6) is -0.343. The van der Waals surface area contributed by atoms with Gasteiger partial charge in [-0.15, -0.1) is 11.3 Å². The summed E-state index contributed by atoms with van der Waals surface area (Å²) in [5.41, 5.74) is 2.72. The number of halogens is 1. The molecule has 0 aliphatic rings. The summed E-state index contributed by atoms with van der Waals surface area (Å²) < 4.78 is 0.683. The van der Waals surface area contributed by atoms with Gasteiger partial charge in [0.05, 0.1) is 10.6 Å². The first kappa shape index (κ1) is 11.8. The second kappa shape index (κ2) is 5.56. The summed E-state index contributed by atoms with van der Waals surface area (Å²) in [6.07, 6.45) is 3.09. The zero-order valence-electron chi connectivity index (χ0n) is 8.63. The molecule has 0 bridgehead atoms. The average molecular weight is 266 g/mol. The Morgan fingerprint density at radius 3 is 2.94 bits per heavy atom. The lowest BCUT2D eigenvalue weighted by atomic mass is 10.3. The maximum absolute atomic E-state index is 11.5. The first-order valence-electron chi connectivity index (χ1n) is 4.75. The predicted octanol–water partition coefficient (Wildman–Crippen LogP) is 2.56. The third-order valence-corrected chi connectivity index (χ3v) is 3.02. The highest BCUT2D eigenvalue weighted by atomic mass is 35.5. The number of hydrazone groups is 1. The average Bonchev–Trinajstić information content (AvgIpc) is 2.76. The molecule has 2 aromatic heterocycles. The Labute approximate surface area is 107 Å². The molecule has 0 saturated carbocycles. The van der Waals surface area contributed by atoms with E-state index in [2.05, 4.69) is 15.5 Å². The van der Waals surface area contributed by atoms with Crippen molar-refractivity contribution in [3.8, 4) is 0 Å². The molecule has 2 rings (SSSR count). The van der Waals surface area contributed by atoms with E-state index in [0.717, 1.165) is 4.88 Å². The monoisotopic (exact) mass is 265 g/mol. The molecule has 0 fully saturated rings. The molecule has 1 amide bonds. The third kappa shape index (κ3) is 3.37. The Kier molecular flexibility index (Phi) is 3.85. The van der Waals surface area contributed by atoms with Gasteiger partial charge in [-0.1, -0.05) is 17.7 Å². The molecule has 0 aromatic carbocycles. The number of aromatic nitrogens is 1. The van der Waals surface area contributed by atoms with Crippen molar-refractivity contribution in [1.82, 2.24) is 10.4 Å². The minimum atomic E-state index is -0.343. The summed E-state index contributed by atoms with van der Waals surface area (Å²) in [5, 5.41) is 3.82. The second-order valence-corrected chi connectivity index (χ2v) is 4.80. The number of hydrogen-bond acceptors (Lipinski definition) is 4. The largest absolute Gasteiger partial charge is 0.289 e. The van der Waals surface area contributed by atoms with Crippen LogP contribution in [0, 0.1) is 0 Å². The van der Waals surface area contributed by atoms with E-state index in [1.54, 1.807) is 30.5 Å². The maximum Gasteiger partial charge on any atom is 0.289 e. The topological polar surface area (TPSA) is 54.4 Å². The fourth-order valence-electron chi connectivity index (χ4n) is 1.11. The van der Waals surface area contributed by atoms with Crippen molar-refractivity contribution >= 4 is 35.1 Å². The van der Waals surface area contributed by atoms with E-state index < -0.39 is 0 Å². The van der Waals surface area contributed by atoms with Crippen LogP contribution >= 0.6 is 22.9 Å². The van der Waals surface area contributed by atoms with Crippen LogP contribution < -0.4 is 5.43 Å². The SMILES string of the molecule is O=C(N/N=C/c1ccc(Cl)s1)c1ccccn1. The van der Waals surface area contributed by atoms with Gasteiger partial charge in [-0.3, -0.25) is 9.78 Å². The van der Waals surface area contributed by atoms with Crippen LogP contribution in [-0.4, -0.2) is 17.1 Å². The van der Waals surface area contributed by atoms with Crippen molar-refractivity contribution in [3.05, 3.63) is 51.4 Å². The highest BCUT2D eigenvalue weighted by Gasteiger charge is 2.03. The molecule has 4 nitrogen and oxygen atoms in total. The van der Waals surface area contributed by atoms with Gasteiger partial charge in [-0.25, -0.2) is 5.43 Å². The molecule has 2 aromatic rings. The van der Waals surface area contributed by atoms with Gasteiger partial charge < -0.3 is 0 Å². The van der Waals surface area contributed by atoms with Crippen LogP contribution in [0.3, 0.4) is 0 Å². The minimum absolute atomic E-state index is 0.328. The van der Waals surface area contributed by atoms with Crippen molar-refractivity contribution in [3.63, 3.8) is 0 Å². The van der Waals surface area contributed by atoms with Crippen LogP contribution in [0.25, 0.3) is 0 Å². The van der Waals surface area contributed by atoms with Gasteiger partial charge in [0.15, 0.2) is 0 Å². The van der Waals surface area contributed by atoms with Crippen LogP contribution in [0.2, 0.25) is 4.34 Å². The Balaban J connectivity index is 1.95. The van der Waals surface area contributed by atoms with Gasteiger partial charge in [0.2, 0.25) is 0 Å². The quantitative estimate of drug-likeness (QED) is 0.685. The molecular formula is C11H8ClN3OS. The van der Waals surface area contributed by atoms with Gasteiger partial charge in [0, 0.05) is 11.1 Å². The smallest absolute Gasteiger partial charge is 0.266 e. The number of rotatable bonds is 3. The normalized spacial score (nSPS) is 10.6. The summed E-state index contributed by atoms with van der Waals surface area (Å²) in [7, 11) is 0. The molecule has 0 aliphatic carbocycles. The summed E-state index contributed by atoms with van der Waals surface area (Å²) >= 11 is 7.14. The number of hydrogen-bond donors (Lipinski definition) is 1. The standard InChI is InChI=1S/C11H8ClN3OS/c12-10-5-4-8(17-10)7-14-15-11(16)9-3-1-2-6-13-9/h1-7H,(H,15,16)/b14-7+. The predicted molar refractivity (Wildman–Crippen MR) is 68.6 cm³/mol. The molecule has 0 atom stereocenters. The molecule has 0 unspecified atom stereocenters. The van der Waals surface area contributed by atoms with Crippen LogP contribution in [0.5, 0.6) is 0 Å². The van der Waals surface area contributed by atoms with Gasteiger partial charge in [0.1, 0.15) is 5.69 Å². The lowest BCUT2D eigenvalue weighted by Crippen LogP contribution is -2.18. The van der Waals surface area contributed by atoms with Gasteiger partial charge in [0.25, 0.3) is 5.91 Å². The Morgan fingerprint density at radius 2 is 2.29 bits per heavy atom. The van der Waals surface area contributed by atoms with E-state index in [1.807, 2.05) is 6.07 Å². The fraction of sp³-hybridized carbons (Fsp3) is 0. The fourth-order valence-corrected chi connectivity index (χ4v) is 2.04. The van der Waals surface area contributed by atoms with Crippen LogP contribution in [0.15, 0.2) is 41.6 Å². The lowest BCUT2D eigenvalue weighted by Gasteiger charge is -1.96. The molecule has 86 valence electrons. The number of carbonyl (C=O) groups is 1. The number of amides is 1. The molecule has 17 heavy (non-hydrogen) atoms. The van der Waals surface area contributed by atoms with Crippen molar-refractivity contribution in [2.75, 3.05) is 0 Å². The lowest BCUT2D eigenvalue weighted by molar-refractivity contribution is 0.0950. The third-order valence-electron chi connectivity index (χ3n) is 1.85. The summed E-state index contributed by atoms with van der Waals surface area (Å²) in [6.45, 7) is 0. The molecule has 1 N–H and O–H groups in total.